The van der Waals surface area contributed by atoms with Crippen LogP contribution in [0.4, 0.5) is 0 Å². The molecule has 0 fully saturated rings. The van der Waals surface area contributed by atoms with E-state index in [4.69, 9.17) is 33.7 Å². The summed E-state index contributed by atoms with van der Waals surface area (Å²) >= 11 is 15.4. The van der Waals surface area contributed by atoms with Gasteiger partial charge < -0.3 is 10.5 Å². The van der Waals surface area contributed by atoms with Gasteiger partial charge in [-0.15, -0.1) is 0 Å². The van der Waals surface area contributed by atoms with Gasteiger partial charge in [0, 0.05) is 29.3 Å². The van der Waals surface area contributed by atoms with Gasteiger partial charge in [0.2, 0.25) is 0 Å². The lowest BCUT2D eigenvalue weighted by molar-refractivity contribution is 0.481. The van der Waals surface area contributed by atoms with Crippen molar-refractivity contribution in [1.29, 1.82) is 0 Å². The third kappa shape index (κ3) is 3.14. The van der Waals surface area contributed by atoms with Crippen molar-refractivity contribution in [2.45, 2.75) is 6.54 Å². The highest BCUT2D eigenvalue weighted by molar-refractivity contribution is 9.10. The molecule has 0 saturated carbocycles. The molecule has 2 rings (SSSR count). The van der Waals surface area contributed by atoms with Crippen LogP contribution in [-0.2, 0) is 6.54 Å². The molecule has 0 spiro atoms. The number of nitrogens with zero attached hydrogens (tertiary/aromatic N) is 1. The lowest BCUT2D eigenvalue weighted by atomic mass is 10.3. The van der Waals surface area contributed by atoms with Gasteiger partial charge in [0.1, 0.15) is 11.5 Å². The number of aromatic nitrogens is 1. The van der Waals surface area contributed by atoms with Gasteiger partial charge in [0.15, 0.2) is 0 Å². The maximum atomic E-state index is 6.07. The Balaban J connectivity index is 2.30. The predicted octanol–water partition coefficient (Wildman–Crippen LogP) is 4.40. The average Bonchev–Trinajstić information content (AvgIpc) is 2.36. The third-order valence-electron chi connectivity index (χ3n) is 2.20. The fraction of sp³-hybridized carbons (Fsp3) is 0.0833. The molecule has 0 aliphatic carbocycles. The maximum Gasteiger partial charge on any atom is 0.147 e. The number of rotatable bonds is 3. The molecule has 0 saturated heterocycles. The van der Waals surface area contributed by atoms with Gasteiger partial charge in [-0.25, -0.2) is 0 Å². The fourth-order valence-electron chi connectivity index (χ4n) is 1.34. The van der Waals surface area contributed by atoms with E-state index < -0.39 is 0 Å². The Morgan fingerprint density at radius 2 is 2.00 bits per heavy atom. The molecule has 3 nitrogen and oxygen atoms in total. The van der Waals surface area contributed by atoms with Gasteiger partial charge in [-0.05, 0) is 28.1 Å². The van der Waals surface area contributed by atoms with Crippen LogP contribution >= 0.6 is 39.1 Å². The first kappa shape index (κ1) is 13.6. The molecule has 0 bridgehead atoms. The number of hydrogen-bond donors (Lipinski definition) is 1. The van der Waals surface area contributed by atoms with E-state index in [-0.39, 0.29) is 0 Å². The van der Waals surface area contributed by atoms with Gasteiger partial charge in [0.25, 0.3) is 0 Å². The van der Waals surface area contributed by atoms with Crippen LogP contribution in [0.1, 0.15) is 5.69 Å². The van der Waals surface area contributed by atoms with Crippen molar-refractivity contribution >= 4 is 39.1 Å². The van der Waals surface area contributed by atoms with Crippen LogP contribution in [0, 0.1) is 0 Å². The SMILES string of the molecule is NCc1cc(Oc2cc(Cl)c(Br)cc2Cl)ccn1. The predicted molar refractivity (Wildman–Crippen MR) is 76.4 cm³/mol. The molecule has 0 atom stereocenters. The van der Waals surface area contributed by atoms with Gasteiger partial charge in [-0.3, -0.25) is 4.98 Å². The molecule has 0 aliphatic rings. The first-order valence-corrected chi connectivity index (χ1v) is 6.62. The highest BCUT2D eigenvalue weighted by Gasteiger charge is 2.08. The molecule has 6 heteroatoms. The molecule has 0 aliphatic heterocycles. The quantitative estimate of drug-likeness (QED) is 0.837. The van der Waals surface area contributed by atoms with E-state index in [2.05, 4.69) is 20.9 Å². The summed E-state index contributed by atoms with van der Waals surface area (Å²) in [7, 11) is 0. The molecule has 2 N–H and O–H groups in total. The molecule has 0 unspecified atom stereocenters. The Bertz CT molecular complexity index is 578. The monoisotopic (exact) mass is 346 g/mol. The third-order valence-corrected chi connectivity index (χ3v) is 3.69. The van der Waals surface area contributed by atoms with E-state index >= 15 is 0 Å². The Labute approximate surface area is 123 Å². The summed E-state index contributed by atoms with van der Waals surface area (Å²) in [6, 6.07) is 6.82. The molecule has 0 radical (unpaired) electrons. The minimum absolute atomic E-state index is 0.353. The second kappa shape index (κ2) is 5.89. The molecule has 2 aromatic rings. The van der Waals surface area contributed by atoms with Crippen LogP contribution in [0.3, 0.4) is 0 Å². The van der Waals surface area contributed by atoms with E-state index in [1.807, 2.05) is 0 Å². The summed E-state index contributed by atoms with van der Waals surface area (Å²) in [5, 5.41) is 1.000. The number of ether oxygens (including phenoxy) is 1. The van der Waals surface area contributed by atoms with Crippen LogP contribution in [0.2, 0.25) is 10.0 Å². The summed E-state index contributed by atoms with van der Waals surface area (Å²) in [5.74, 6) is 1.10. The van der Waals surface area contributed by atoms with Crippen molar-refractivity contribution in [3.63, 3.8) is 0 Å². The number of benzene rings is 1. The first-order valence-electron chi connectivity index (χ1n) is 5.07. The zero-order valence-electron chi connectivity index (χ0n) is 9.16. The molecule has 0 amide bonds. The Morgan fingerprint density at radius 1 is 1.22 bits per heavy atom. The average molecular weight is 348 g/mol. The summed E-state index contributed by atoms with van der Waals surface area (Å²) in [6.07, 6.45) is 1.63. The lowest BCUT2D eigenvalue weighted by Gasteiger charge is -2.09. The van der Waals surface area contributed by atoms with Crippen molar-refractivity contribution in [3.8, 4) is 11.5 Å². The van der Waals surface area contributed by atoms with Crippen molar-refractivity contribution in [2.75, 3.05) is 0 Å². The molecule has 94 valence electrons. The molecular formula is C12H9BrCl2N2O. The van der Waals surface area contributed by atoms with E-state index in [0.717, 1.165) is 10.2 Å². The van der Waals surface area contributed by atoms with Crippen molar-refractivity contribution in [1.82, 2.24) is 4.98 Å². The van der Waals surface area contributed by atoms with Gasteiger partial charge in [-0.2, -0.15) is 0 Å². The molecular weight excluding hydrogens is 339 g/mol. The van der Waals surface area contributed by atoms with Crippen LogP contribution in [-0.4, -0.2) is 4.98 Å². The zero-order valence-corrected chi connectivity index (χ0v) is 12.3. The fourth-order valence-corrected chi connectivity index (χ4v) is 2.17. The standard InChI is InChI=1S/C12H9BrCl2N2O/c13-9-4-11(15)12(5-10(9)14)18-8-1-2-17-7(3-8)6-16/h1-5H,6,16H2. The van der Waals surface area contributed by atoms with Crippen LogP contribution in [0.25, 0.3) is 0 Å². The van der Waals surface area contributed by atoms with Crippen LogP contribution in [0.5, 0.6) is 11.5 Å². The van der Waals surface area contributed by atoms with E-state index in [9.17, 15) is 0 Å². The Kier molecular flexibility index (Phi) is 4.45. The highest BCUT2D eigenvalue weighted by atomic mass is 79.9. The molecule has 1 heterocycles. The number of halogens is 3. The number of hydrogen-bond acceptors (Lipinski definition) is 3. The number of nitrogens with two attached hydrogens (primary N) is 1. The van der Waals surface area contributed by atoms with Gasteiger partial charge >= 0.3 is 0 Å². The minimum atomic E-state index is 0.353. The topological polar surface area (TPSA) is 48.1 Å². The molecule has 1 aromatic carbocycles. The second-order valence-corrected chi connectivity index (χ2v) is 5.15. The Hall–Kier alpha value is -0.810. The smallest absolute Gasteiger partial charge is 0.147 e. The largest absolute Gasteiger partial charge is 0.456 e. The summed E-state index contributed by atoms with van der Waals surface area (Å²) in [6.45, 7) is 0.353. The normalized spacial score (nSPS) is 10.4. The summed E-state index contributed by atoms with van der Waals surface area (Å²) in [4.78, 5) is 4.08. The number of pyridine rings is 1. The van der Waals surface area contributed by atoms with Crippen LogP contribution < -0.4 is 10.5 Å². The van der Waals surface area contributed by atoms with Crippen molar-refractivity contribution in [3.05, 3.63) is 50.7 Å². The van der Waals surface area contributed by atoms with Gasteiger partial charge in [-0.1, -0.05) is 23.2 Å². The van der Waals surface area contributed by atoms with Crippen molar-refractivity contribution in [2.24, 2.45) is 5.73 Å². The highest BCUT2D eigenvalue weighted by Crippen LogP contribution is 2.36. The van der Waals surface area contributed by atoms with E-state index in [1.54, 1.807) is 30.5 Å². The zero-order chi connectivity index (χ0) is 13.1. The van der Waals surface area contributed by atoms with E-state index in [0.29, 0.717) is 28.1 Å². The van der Waals surface area contributed by atoms with E-state index in [1.165, 1.54) is 0 Å². The van der Waals surface area contributed by atoms with Crippen LogP contribution in [0.15, 0.2) is 34.9 Å². The second-order valence-electron chi connectivity index (χ2n) is 3.49. The summed E-state index contributed by atoms with van der Waals surface area (Å²) < 4.78 is 6.38. The Morgan fingerprint density at radius 3 is 2.72 bits per heavy atom. The lowest BCUT2D eigenvalue weighted by Crippen LogP contribution is -1.99. The first-order chi connectivity index (χ1) is 8.60. The summed E-state index contributed by atoms with van der Waals surface area (Å²) in [5.41, 5.74) is 6.26. The van der Waals surface area contributed by atoms with Gasteiger partial charge in [0.05, 0.1) is 15.7 Å². The molecule has 1 aromatic heterocycles. The van der Waals surface area contributed by atoms with Crippen molar-refractivity contribution < 1.29 is 4.74 Å². The molecule has 18 heavy (non-hydrogen) atoms. The maximum absolute atomic E-state index is 6.07. The minimum Gasteiger partial charge on any atom is -0.456 e.